The summed E-state index contributed by atoms with van der Waals surface area (Å²) in [6.45, 7) is 5.71. The first-order valence-electron chi connectivity index (χ1n) is 5.87. The smallest absolute Gasteiger partial charge is 0.234 e. The van der Waals surface area contributed by atoms with E-state index in [0.717, 1.165) is 19.5 Å². The maximum atomic E-state index is 11.5. The van der Waals surface area contributed by atoms with Gasteiger partial charge in [0.2, 0.25) is 5.91 Å². The third kappa shape index (κ3) is 4.47. The van der Waals surface area contributed by atoms with Crippen LogP contribution in [-0.4, -0.2) is 56.7 Å². The summed E-state index contributed by atoms with van der Waals surface area (Å²) >= 11 is 0. The van der Waals surface area contributed by atoms with Crippen molar-refractivity contribution in [1.82, 2.24) is 10.2 Å². The van der Waals surface area contributed by atoms with Crippen LogP contribution in [0.1, 0.15) is 13.3 Å². The first kappa shape index (κ1) is 13.4. The molecule has 1 aliphatic rings. The number of nitrogens with two attached hydrogens (primary N) is 1. The van der Waals surface area contributed by atoms with Gasteiger partial charge in [-0.1, -0.05) is 6.92 Å². The van der Waals surface area contributed by atoms with E-state index in [4.69, 9.17) is 10.5 Å². The Morgan fingerprint density at radius 2 is 2.31 bits per heavy atom. The molecule has 2 atom stereocenters. The van der Waals surface area contributed by atoms with Crippen LogP contribution in [-0.2, 0) is 9.53 Å². The van der Waals surface area contributed by atoms with Crippen LogP contribution < -0.4 is 11.1 Å². The van der Waals surface area contributed by atoms with Crippen LogP contribution in [0.5, 0.6) is 0 Å². The Kier molecular flexibility index (Phi) is 5.73. The molecular weight excluding hydrogens is 206 g/mol. The minimum absolute atomic E-state index is 0.0809. The molecule has 0 aromatic rings. The molecule has 1 saturated heterocycles. The lowest BCUT2D eigenvalue weighted by Gasteiger charge is -2.14. The van der Waals surface area contributed by atoms with Crippen molar-refractivity contribution >= 4 is 5.91 Å². The number of methoxy groups -OCH3 is 1. The molecule has 0 aliphatic carbocycles. The van der Waals surface area contributed by atoms with Gasteiger partial charge in [-0.3, -0.25) is 9.69 Å². The van der Waals surface area contributed by atoms with Gasteiger partial charge in [0.15, 0.2) is 0 Å². The zero-order valence-electron chi connectivity index (χ0n) is 10.2. The highest BCUT2D eigenvalue weighted by molar-refractivity contribution is 5.78. The summed E-state index contributed by atoms with van der Waals surface area (Å²) in [6, 6.07) is 0.210. The monoisotopic (exact) mass is 229 g/mol. The second kappa shape index (κ2) is 6.83. The Morgan fingerprint density at radius 3 is 2.88 bits per heavy atom. The molecule has 5 nitrogen and oxygen atoms in total. The van der Waals surface area contributed by atoms with Crippen LogP contribution in [0.3, 0.4) is 0 Å². The number of rotatable bonds is 6. The molecule has 1 heterocycles. The van der Waals surface area contributed by atoms with Gasteiger partial charge in [-0.2, -0.15) is 0 Å². The van der Waals surface area contributed by atoms with Crippen molar-refractivity contribution < 1.29 is 9.53 Å². The van der Waals surface area contributed by atoms with E-state index in [2.05, 4.69) is 17.1 Å². The Morgan fingerprint density at radius 1 is 1.56 bits per heavy atom. The molecule has 0 aromatic carbocycles. The first-order valence-corrected chi connectivity index (χ1v) is 5.87. The minimum atomic E-state index is 0.0809. The number of ether oxygens (including phenoxy) is 1. The van der Waals surface area contributed by atoms with Crippen molar-refractivity contribution in [3.05, 3.63) is 0 Å². The largest absolute Gasteiger partial charge is 0.385 e. The molecule has 1 amide bonds. The van der Waals surface area contributed by atoms with Gasteiger partial charge in [-0.25, -0.2) is 0 Å². The number of nitrogens with one attached hydrogen (secondary N) is 1. The second-order valence-corrected chi connectivity index (χ2v) is 4.53. The molecule has 5 heteroatoms. The summed E-state index contributed by atoms with van der Waals surface area (Å²) in [7, 11) is 1.66. The number of carbonyl (C=O) groups excluding carboxylic acids is 1. The average molecular weight is 229 g/mol. The van der Waals surface area contributed by atoms with Crippen molar-refractivity contribution in [1.29, 1.82) is 0 Å². The van der Waals surface area contributed by atoms with E-state index in [0.29, 0.717) is 25.6 Å². The predicted molar refractivity (Wildman–Crippen MR) is 63.1 cm³/mol. The standard InChI is InChI=1S/C11H23N3O2/c1-9-6-14(7-10(9)12)8-11(15)13-4-3-5-16-2/h9-10H,3-8,12H2,1-2H3,(H,13,15). The number of nitrogens with zero attached hydrogens (tertiary/aromatic N) is 1. The fourth-order valence-electron chi connectivity index (χ4n) is 1.93. The van der Waals surface area contributed by atoms with E-state index in [-0.39, 0.29) is 11.9 Å². The molecule has 0 spiro atoms. The SMILES string of the molecule is COCCCNC(=O)CN1CC(C)C(N)C1. The zero-order chi connectivity index (χ0) is 12.0. The van der Waals surface area contributed by atoms with Crippen LogP contribution in [0.2, 0.25) is 0 Å². The fourth-order valence-corrected chi connectivity index (χ4v) is 1.93. The van der Waals surface area contributed by atoms with Gasteiger partial charge in [0.1, 0.15) is 0 Å². The molecule has 94 valence electrons. The van der Waals surface area contributed by atoms with E-state index in [9.17, 15) is 4.79 Å². The van der Waals surface area contributed by atoms with Gasteiger partial charge < -0.3 is 15.8 Å². The minimum Gasteiger partial charge on any atom is -0.385 e. The molecule has 1 aliphatic heterocycles. The lowest BCUT2D eigenvalue weighted by atomic mass is 10.1. The third-order valence-electron chi connectivity index (χ3n) is 2.96. The summed E-state index contributed by atoms with van der Waals surface area (Å²) < 4.78 is 4.91. The van der Waals surface area contributed by atoms with Gasteiger partial charge in [0.05, 0.1) is 6.54 Å². The maximum absolute atomic E-state index is 11.5. The van der Waals surface area contributed by atoms with Crippen LogP contribution in [0.25, 0.3) is 0 Å². The molecule has 3 N–H and O–H groups in total. The summed E-state index contributed by atoms with van der Waals surface area (Å²) in [4.78, 5) is 13.7. The Labute approximate surface area is 97.3 Å². The van der Waals surface area contributed by atoms with E-state index in [1.54, 1.807) is 7.11 Å². The summed E-state index contributed by atoms with van der Waals surface area (Å²) in [5.74, 6) is 0.568. The van der Waals surface area contributed by atoms with Crippen molar-refractivity contribution in [2.75, 3.05) is 39.9 Å². The van der Waals surface area contributed by atoms with E-state index in [1.807, 2.05) is 0 Å². The zero-order valence-corrected chi connectivity index (χ0v) is 10.2. The van der Waals surface area contributed by atoms with Crippen molar-refractivity contribution in [2.24, 2.45) is 11.7 Å². The Bertz CT molecular complexity index is 213. The van der Waals surface area contributed by atoms with Crippen LogP contribution in [0, 0.1) is 5.92 Å². The van der Waals surface area contributed by atoms with Crippen LogP contribution >= 0.6 is 0 Å². The lowest BCUT2D eigenvalue weighted by Crippen LogP contribution is -2.37. The fraction of sp³-hybridized carbons (Fsp3) is 0.909. The molecule has 0 bridgehead atoms. The Hall–Kier alpha value is -0.650. The van der Waals surface area contributed by atoms with Gasteiger partial charge >= 0.3 is 0 Å². The Balaban J connectivity index is 2.10. The topological polar surface area (TPSA) is 67.6 Å². The third-order valence-corrected chi connectivity index (χ3v) is 2.96. The van der Waals surface area contributed by atoms with E-state index < -0.39 is 0 Å². The van der Waals surface area contributed by atoms with E-state index >= 15 is 0 Å². The predicted octanol–water partition coefficient (Wildman–Crippen LogP) is -0.582. The maximum Gasteiger partial charge on any atom is 0.234 e. The van der Waals surface area contributed by atoms with Gasteiger partial charge in [-0.05, 0) is 12.3 Å². The normalized spacial score (nSPS) is 25.9. The van der Waals surface area contributed by atoms with Crippen LogP contribution in [0.4, 0.5) is 0 Å². The molecule has 0 saturated carbocycles. The van der Waals surface area contributed by atoms with Gasteiger partial charge in [0.25, 0.3) is 0 Å². The van der Waals surface area contributed by atoms with Crippen LogP contribution in [0.15, 0.2) is 0 Å². The molecule has 16 heavy (non-hydrogen) atoms. The molecule has 1 rings (SSSR count). The average Bonchev–Trinajstić information content (AvgIpc) is 2.53. The number of amides is 1. The second-order valence-electron chi connectivity index (χ2n) is 4.53. The quantitative estimate of drug-likeness (QED) is 0.598. The molecule has 1 fully saturated rings. The number of hydrogen-bond acceptors (Lipinski definition) is 4. The van der Waals surface area contributed by atoms with Crippen molar-refractivity contribution in [2.45, 2.75) is 19.4 Å². The highest BCUT2D eigenvalue weighted by atomic mass is 16.5. The number of hydrogen-bond donors (Lipinski definition) is 2. The molecule has 0 radical (unpaired) electrons. The van der Waals surface area contributed by atoms with Gasteiger partial charge in [-0.15, -0.1) is 0 Å². The van der Waals surface area contributed by atoms with Gasteiger partial charge in [0, 0.05) is 39.4 Å². The van der Waals surface area contributed by atoms with E-state index in [1.165, 1.54) is 0 Å². The summed E-state index contributed by atoms with van der Waals surface area (Å²) in [6.07, 6.45) is 0.859. The van der Waals surface area contributed by atoms with Crippen molar-refractivity contribution in [3.63, 3.8) is 0 Å². The summed E-state index contributed by atoms with van der Waals surface area (Å²) in [5.41, 5.74) is 5.89. The first-order chi connectivity index (χ1) is 7.63. The molecular formula is C11H23N3O2. The highest BCUT2D eigenvalue weighted by Crippen LogP contribution is 2.13. The lowest BCUT2D eigenvalue weighted by molar-refractivity contribution is -0.122. The number of likely N-dealkylation sites (tertiary alicyclic amines) is 1. The molecule has 2 unspecified atom stereocenters. The summed E-state index contributed by atoms with van der Waals surface area (Å²) in [5, 5.41) is 2.87. The highest BCUT2D eigenvalue weighted by Gasteiger charge is 2.27. The number of carbonyl (C=O) groups is 1. The molecule has 0 aromatic heterocycles. The van der Waals surface area contributed by atoms with Crippen molar-refractivity contribution in [3.8, 4) is 0 Å².